The number of rotatable bonds is 19. The smallest absolute Gasteiger partial charge is 0.326 e. The fraction of sp³-hybridized carbons (Fsp3) is 0.700. The Hall–Kier alpha value is -3.50. The van der Waals surface area contributed by atoms with E-state index in [9.17, 15) is 34.2 Å². The van der Waals surface area contributed by atoms with E-state index in [1.165, 1.54) is 0 Å². The normalized spacial score (nSPS) is 14.0. The number of guanidine groups is 1. The molecule has 0 rings (SSSR count). The lowest BCUT2D eigenvalue weighted by atomic mass is 10.1. The number of carboxylic acid groups (broad SMARTS) is 2. The van der Waals surface area contributed by atoms with Crippen LogP contribution in [0.15, 0.2) is 4.99 Å². The summed E-state index contributed by atoms with van der Waals surface area (Å²) in [7, 11) is 0. The van der Waals surface area contributed by atoms with Crippen LogP contribution in [0.25, 0.3) is 0 Å². The Kier molecular flexibility index (Phi) is 16.1. The minimum Gasteiger partial charge on any atom is -0.481 e. The zero-order chi connectivity index (χ0) is 27.7. The van der Waals surface area contributed by atoms with Crippen molar-refractivity contribution >= 4 is 35.6 Å². The van der Waals surface area contributed by atoms with Crippen molar-refractivity contribution in [3.8, 4) is 0 Å². The summed E-state index contributed by atoms with van der Waals surface area (Å²) in [5.41, 5.74) is 21.6. The monoisotopic (exact) mass is 518 g/mol. The molecule has 206 valence electrons. The standard InChI is InChI=1S/C20H38N8O8/c21-8-2-1-4-11(22)16(32)28-14(10-29)18(34)26-12(6-7-15(30)31)17(33)27-13(19(35)36)5-3-9-25-20(23)24/h11-14,29H,1-10,21-22H2,(H,26,34)(H,27,33)(H,28,32)(H,30,31)(H,35,36)(H4,23,24,25). The zero-order valence-electron chi connectivity index (χ0n) is 20.0. The van der Waals surface area contributed by atoms with E-state index < -0.39 is 66.9 Å². The van der Waals surface area contributed by atoms with E-state index in [0.717, 1.165) is 0 Å². The predicted molar refractivity (Wildman–Crippen MR) is 128 cm³/mol. The SMILES string of the molecule is NCCCCC(N)C(=O)NC(CO)C(=O)NC(CCC(=O)O)C(=O)NC(CCCN=C(N)N)C(=O)O. The summed E-state index contributed by atoms with van der Waals surface area (Å²) in [5.74, 6) is -5.44. The number of unbranched alkanes of at least 4 members (excludes halogenated alkanes) is 1. The number of hydrogen-bond acceptors (Lipinski definition) is 9. The molecule has 4 atom stereocenters. The molecule has 0 spiro atoms. The van der Waals surface area contributed by atoms with Crippen LogP contribution in [0.1, 0.15) is 44.9 Å². The fourth-order valence-electron chi connectivity index (χ4n) is 2.95. The molecular weight excluding hydrogens is 480 g/mol. The number of amides is 3. The highest BCUT2D eigenvalue weighted by atomic mass is 16.4. The molecule has 0 bridgehead atoms. The van der Waals surface area contributed by atoms with E-state index in [1.54, 1.807) is 0 Å². The van der Waals surface area contributed by atoms with Gasteiger partial charge in [-0.05, 0) is 38.6 Å². The number of carboxylic acids is 2. The molecule has 16 nitrogen and oxygen atoms in total. The summed E-state index contributed by atoms with van der Waals surface area (Å²) >= 11 is 0. The summed E-state index contributed by atoms with van der Waals surface area (Å²) in [6.07, 6.45) is 0.791. The number of aliphatic imine (C=N–C) groups is 1. The van der Waals surface area contributed by atoms with Crippen LogP contribution in [0.2, 0.25) is 0 Å². The largest absolute Gasteiger partial charge is 0.481 e. The maximum atomic E-state index is 12.7. The second-order valence-electron chi connectivity index (χ2n) is 7.98. The average Bonchev–Trinajstić information content (AvgIpc) is 2.81. The molecule has 0 aliphatic carbocycles. The highest BCUT2D eigenvalue weighted by molar-refractivity contribution is 5.94. The minimum atomic E-state index is -1.48. The number of aliphatic hydroxyl groups is 1. The van der Waals surface area contributed by atoms with Gasteiger partial charge in [-0.2, -0.15) is 0 Å². The third kappa shape index (κ3) is 14.0. The van der Waals surface area contributed by atoms with Gasteiger partial charge in [0.2, 0.25) is 17.7 Å². The molecule has 36 heavy (non-hydrogen) atoms. The first-order chi connectivity index (χ1) is 16.9. The molecule has 0 saturated carbocycles. The van der Waals surface area contributed by atoms with Crippen LogP contribution >= 0.6 is 0 Å². The van der Waals surface area contributed by atoms with Crippen LogP contribution in [0.4, 0.5) is 0 Å². The van der Waals surface area contributed by atoms with Crippen molar-refractivity contribution in [2.45, 2.75) is 69.1 Å². The topological polar surface area (TPSA) is 299 Å². The van der Waals surface area contributed by atoms with Gasteiger partial charge in [0.05, 0.1) is 12.6 Å². The van der Waals surface area contributed by atoms with Crippen molar-refractivity contribution in [3.63, 3.8) is 0 Å². The molecule has 0 aromatic rings. The lowest BCUT2D eigenvalue weighted by Gasteiger charge is -2.24. The molecule has 14 N–H and O–H groups in total. The lowest BCUT2D eigenvalue weighted by molar-refractivity contribution is -0.143. The number of hydrogen-bond donors (Lipinski definition) is 10. The Balaban J connectivity index is 5.26. The van der Waals surface area contributed by atoms with E-state index in [4.69, 9.17) is 28.0 Å². The van der Waals surface area contributed by atoms with Gasteiger partial charge in [-0.3, -0.25) is 24.2 Å². The number of nitrogens with one attached hydrogen (secondary N) is 3. The third-order valence-electron chi connectivity index (χ3n) is 4.96. The molecule has 0 heterocycles. The number of nitrogens with two attached hydrogens (primary N) is 4. The molecule has 4 unspecified atom stereocenters. The van der Waals surface area contributed by atoms with Gasteiger partial charge >= 0.3 is 11.9 Å². The Bertz CT molecular complexity index is 775. The van der Waals surface area contributed by atoms with Crippen LogP contribution in [0.3, 0.4) is 0 Å². The predicted octanol–water partition coefficient (Wildman–Crippen LogP) is -4.11. The number of aliphatic carboxylic acids is 2. The molecule has 3 amide bonds. The molecule has 0 saturated heterocycles. The minimum absolute atomic E-state index is 0.0468. The lowest BCUT2D eigenvalue weighted by Crippen LogP contribution is -2.58. The molecular formula is C20H38N8O8. The fourth-order valence-corrected chi connectivity index (χ4v) is 2.95. The molecule has 0 aromatic carbocycles. The molecule has 0 radical (unpaired) electrons. The average molecular weight is 519 g/mol. The van der Waals surface area contributed by atoms with Crippen LogP contribution in [-0.4, -0.2) is 94.8 Å². The first-order valence-electron chi connectivity index (χ1n) is 11.4. The van der Waals surface area contributed by atoms with E-state index in [1.807, 2.05) is 0 Å². The highest BCUT2D eigenvalue weighted by Crippen LogP contribution is 2.04. The maximum absolute atomic E-state index is 12.7. The number of nitrogens with zero attached hydrogens (tertiary/aromatic N) is 1. The second kappa shape index (κ2) is 17.9. The van der Waals surface area contributed by atoms with E-state index in [-0.39, 0.29) is 31.8 Å². The Morgan fingerprint density at radius 2 is 1.36 bits per heavy atom. The quantitative estimate of drug-likeness (QED) is 0.0443. The van der Waals surface area contributed by atoms with Crippen molar-refractivity contribution in [2.24, 2.45) is 27.9 Å². The molecule has 0 aromatic heterocycles. The Morgan fingerprint density at radius 3 is 1.89 bits per heavy atom. The highest BCUT2D eigenvalue weighted by Gasteiger charge is 2.30. The van der Waals surface area contributed by atoms with Gasteiger partial charge in [0.15, 0.2) is 5.96 Å². The maximum Gasteiger partial charge on any atom is 0.326 e. The van der Waals surface area contributed by atoms with E-state index >= 15 is 0 Å². The number of carbonyl (C=O) groups excluding carboxylic acids is 3. The van der Waals surface area contributed by atoms with Crippen molar-refractivity contribution in [3.05, 3.63) is 0 Å². The van der Waals surface area contributed by atoms with Crippen molar-refractivity contribution in [1.29, 1.82) is 0 Å². The summed E-state index contributed by atoms with van der Waals surface area (Å²) in [6.45, 7) is -0.287. The first kappa shape index (κ1) is 32.5. The van der Waals surface area contributed by atoms with Crippen LogP contribution in [-0.2, 0) is 24.0 Å². The number of aliphatic hydroxyl groups excluding tert-OH is 1. The van der Waals surface area contributed by atoms with Gasteiger partial charge in [0.25, 0.3) is 0 Å². The zero-order valence-corrected chi connectivity index (χ0v) is 20.0. The Morgan fingerprint density at radius 1 is 0.778 bits per heavy atom. The van der Waals surface area contributed by atoms with Crippen molar-refractivity contribution in [2.75, 3.05) is 19.7 Å². The van der Waals surface area contributed by atoms with Crippen LogP contribution in [0.5, 0.6) is 0 Å². The number of carbonyl (C=O) groups is 5. The van der Waals surface area contributed by atoms with Crippen LogP contribution < -0.4 is 38.9 Å². The van der Waals surface area contributed by atoms with Gasteiger partial charge in [0, 0.05) is 13.0 Å². The van der Waals surface area contributed by atoms with Gasteiger partial charge in [-0.15, -0.1) is 0 Å². The molecule has 16 heteroatoms. The molecule has 0 fully saturated rings. The summed E-state index contributed by atoms with van der Waals surface area (Å²) in [5, 5.41) is 34.7. The van der Waals surface area contributed by atoms with Crippen molar-refractivity contribution in [1.82, 2.24) is 16.0 Å². The summed E-state index contributed by atoms with van der Waals surface area (Å²) < 4.78 is 0. The first-order valence-corrected chi connectivity index (χ1v) is 11.4. The summed E-state index contributed by atoms with van der Waals surface area (Å²) in [4.78, 5) is 63.8. The Labute approximate surface area is 208 Å². The molecule has 0 aliphatic rings. The van der Waals surface area contributed by atoms with E-state index in [0.29, 0.717) is 25.8 Å². The van der Waals surface area contributed by atoms with E-state index in [2.05, 4.69) is 20.9 Å². The summed E-state index contributed by atoms with van der Waals surface area (Å²) in [6, 6.07) is -5.26. The van der Waals surface area contributed by atoms with Gasteiger partial charge in [-0.25, -0.2) is 4.79 Å². The third-order valence-corrected chi connectivity index (χ3v) is 4.96. The van der Waals surface area contributed by atoms with Crippen molar-refractivity contribution < 1.29 is 39.3 Å². The van der Waals surface area contributed by atoms with Gasteiger partial charge in [0.1, 0.15) is 18.1 Å². The van der Waals surface area contributed by atoms with Gasteiger partial charge < -0.3 is 54.2 Å². The molecule has 0 aliphatic heterocycles. The van der Waals surface area contributed by atoms with Crippen LogP contribution in [0, 0.1) is 0 Å². The second-order valence-corrected chi connectivity index (χ2v) is 7.98. The van der Waals surface area contributed by atoms with Gasteiger partial charge in [-0.1, -0.05) is 6.42 Å².